The average molecular weight is 245 g/mol. The van der Waals surface area contributed by atoms with Crippen LogP contribution in [0.4, 0.5) is 5.69 Å². The molecule has 3 nitrogen and oxygen atoms in total. The summed E-state index contributed by atoms with van der Waals surface area (Å²) < 4.78 is 5.82. The second-order valence-corrected chi connectivity index (χ2v) is 5.46. The summed E-state index contributed by atoms with van der Waals surface area (Å²) in [5.74, 6) is 0.639. The van der Waals surface area contributed by atoms with Gasteiger partial charge in [-0.15, -0.1) is 0 Å². The predicted octanol–water partition coefficient (Wildman–Crippen LogP) is 3.27. The lowest BCUT2D eigenvalue weighted by Crippen LogP contribution is -2.32. The number of nitrogens with two attached hydrogens (primary N) is 1. The molecule has 0 atom stereocenters. The van der Waals surface area contributed by atoms with E-state index in [0.29, 0.717) is 17.0 Å². The Labute approximate surface area is 108 Å². The molecule has 18 heavy (non-hydrogen) atoms. The van der Waals surface area contributed by atoms with Gasteiger partial charge in [0, 0.05) is 11.3 Å². The van der Waals surface area contributed by atoms with E-state index in [4.69, 9.17) is 10.5 Å². The van der Waals surface area contributed by atoms with Gasteiger partial charge < -0.3 is 10.5 Å². The molecular formula is C15H19NO2. The van der Waals surface area contributed by atoms with Gasteiger partial charge in [0.15, 0.2) is 5.60 Å². The molecule has 0 radical (unpaired) electrons. The minimum absolute atomic E-state index is 0.0229. The molecule has 96 valence electrons. The number of anilines is 1. The molecule has 1 heterocycles. The van der Waals surface area contributed by atoms with Crippen LogP contribution < -0.4 is 10.5 Å². The van der Waals surface area contributed by atoms with Crippen LogP contribution in [0.5, 0.6) is 5.75 Å². The molecule has 0 spiro atoms. The predicted molar refractivity (Wildman–Crippen MR) is 74.1 cm³/mol. The summed E-state index contributed by atoms with van der Waals surface area (Å²) in [6, 6.07) is 0. The molecule has 0 saturated carbocycles. The molecule has 1 aromatic carbocycles. The van der Waals surface area contributed by atoms with Gasteiger partial charge in [-0.2, -0.15) is 0 Å². The molecule has 0 amide bonds. The molecular weight excluding hydrogens is 226 g/mol. The SMILES string of the molecule is C=C(C)c1c(N)c(C)c(C)c2c1C(=O)C(C)(C)O2. The van der Waals surface area contributed by atoms with Crippen LogP contribution in [0.15, 0.2) is 6.58 Å². The first-order valence-electron chi connectivity index (χ1n) is 6.00. The molecule has 1 aliphatic heterocycles. The van der Waals surface area contributed by atoms with Crippen LogP contribution >= 0.6 is 0 Å². The van der Waals surface area contributed by atoms with Gasteiger partial charge in [0.2, 0.25) is 5.78 Å². The Morgan fingerprint density at radius 2 is 1.83 bits per heavy atom. The van der Waals surface area contributed by atoms with Gasteiger partial charge in [0.1, 0.15) is 5.75 Å². The smallest absolute Gasteiger partial charge is 0.210 e. The molecule has 0 saturated heterocycles. The summed E-state index contributed by atoms with van der Waals surface area (Å²) in [6.45, 7) is 13.2. The minimum atomic E-state index is -0.822. The number of allylic oxidation sites excluding steroid dienone is 1. The molecule has 0 aliphatic carbocycles. The lowest BCUT2D eigenvalue weighted by Gasteiger charge is -2.17. The zero-order valence-electron chi connectivity index (χ0n) is 11.6. The Hall–Kier alpha value is -1.77. The second kappa shape index (κ2) is 3.61. The highest BCUT2D eigenvalue weighted by atomic mass is 16.5. The van der Waals surface area contributed by atoms with Crippen molar-refractivity contribution in [1.29, 1.82) is 0 Å². The van der Waals surface area contributed by atoms with Crippen LogP contribution in [-0.2, 0) is 0 Å². The van der Waals surface area contributed by atoms with Crippen LogP contribution in [-0.4, -0.2) is 11.4 Å². The van der Waals surface area contributed by atoms with Crippen LogP contribution in [0.25, 0.3) is 5.57 Å². The average Bonchev–Trinajstić information content (AvgIpc) is 2.49. The van der Waals surface area contributed by atoms with Crippen molar-refractivity contribution in [3.05, 3.63) is 28.8 Å². The molecule has 1 aliphatic rings. The van der Waals surface area contributed by atoms with E-state index < -0.39 is 5.60 Å². The standard InChI is InChI=1S/C15H19NO2/c1-7(2)10-11-13(9(4)8(3)12(10)16)18-15(5,6)14(11)17/h1,16H2,2-6H3. The first-order valence-corrected chi connectivity index (χ1v) is 6.00. The van der Waals surface area contributed by atoms with Crippen molar-refractivity contribution in [2.75, 3.05) is 5.73 Å². The molecule has 3 heteroatoms. The third kappa shape index (κ3) is 1.47. The number of nitrogen functional groups attached to an aromatic ring is 1. The molecule has 0 unspecified atom stereocenters. The van der Waals surface area contributed by atoms with Crippen LogP contribution in [0.3, 0.4) is 0 Å². The minimum Gasteiger partial charge on any atom is -0.479 e. The number of hydrogen-bond acceptors (Lipinski definition) is 3. The maximum atomic E-state index is 12.4. The van der Waals surface area contributed by atoms with E-state index in [9.17, 15) is 4.79 Å². The molecule has 0 bridgehead atoms. The Kier molecular flexibility index (Phi) is 2.54. The quantitative estimate of drug-likeness (QED) is 0.772. The van der Waals surface area contributed by atoms with Crippen molar-refractivity contribution in [3.8, 4) is 5.75 Å². The Balaban J connectivity index is 2.90. The first-order chi connectivity index (χ1) is 8.18. The third-order valence-corrected chi connectivity index (χ3v) is 3.61. The molecule has 0 aromatic heterocycles. The van der Waals surface area contributed by atoms with Crippen molar-refractivity contribution in [1.82, 2.24) is 0 Å². The molecule has 1 aromatic rings. The summed E-state index contributed by atoms with van der Waals surface area (Å²) in [4.78, 5) is 12.4. The molecule has 2 rings (SSSR count). The van der Waals surface area contributed by atoms with Gasteiger partial charge >= 0.3 is 0 Å². The number of fused-ring (bicyclic) bond motifs is 1. The Morgan fingerprint density at radius 1 is 1.28 bits per heavy atom. The summed E-state index contributed by atoms with van der Waals surface area (Å²) in [7, 11) is 0. The largest absolute Gasteiger partial charge is 0.479 e. The Bertz CT molecular complexity index is 583. The number of rotatable bonds is 1. The highest BCUT2D eigenvalue weighted by Gasteiger charge is 2.43. The normalized spacial score (nSPS) is 16.4. The number of benzene rings is 1. The third-order valence-electron chi connectivity index (χ3n) is 3.61. The maximum Gasteiger partial charge on any atom is 0.210 e. The fraction of sp³-hybridized carbons (Fsp3) is 0.400. The van der Waals surface area contributed by atoms with Gasteiger partial charge in [-0.05, 0) is 51.3 Å². The van der Waals surface area contributed by atoms with Crippen molar-refractivity contribution >= 4 is 17.0 Å². The van der Waals surface area contributed by atoms with Gasteiger partial charge in [-0.3, -0.25) is 4.79 Å². The van der Waals surface area contributed by atoms with Gasteiger partial charge in [0.05, 0.1) is 5.56 Å². The Morgan fingerprint density at radius 3 is 2.33 bits per heavy atom. The van der Waals surface area contributed by atoms with E-state index in [0.717, 1.165) is 22.3 Å². The summed E-state index contributed by atoms with van der Waals surface area (Å²) in [5.41, 5.74) is 9.97. The molecule has 0 fully saturated rings. The monoisotopic (exact) mass is 245 g/mol. The van der Waals surface area contributed by atoms with E-state index >= 15 is 0 Å². The highest BCUT2D eigenvalue weighted by molar-refractivity contribution is 6.12. The number of ketones is 1. The van der Waals surface area contributed by atoms with Crippen molar-refractivity contribution in [2.45, 2.75) is 40.2 Å². The van der Waals surface area contributed by atoms with E-state index in [1.807, 2.05) is 20.8 Å². The van der Waals surface area contributed by atoms with E-state index in [1.165, 1.54) is 0 Å². The van der Waals surface area contributed by atoms with Crippen LogP contribution in [0.1, 0.15) is 47.8 Å². The van der Waals surface area contributed by atoms with Crippen LogP contribution in [0.2, 0.25) is 0 Å². The lowest BCUT2D eigenvalue weighted by molar-refractivity contribution is 0.0683. The zero-order chi connectivity index (χ0) is 13.8. The number of carbonyl (C=O) groups excluding carboxylic acids is 1. The van der Waals surface area contributed by atoms with Crippen LogP contribution in [0, 0.1) is 13.8 Å². The van der Waals surface area contributed by atoms with E-state index in [2.05, 4.69) is 6.58 Å². The van der Waals surface area contributed by atoms with Crippen molar-refractivity contribution in [3.63, 3.8) is 0 Å². The number of hydrogen-bond donors (Lipinski definition) is 1. The highest BCUT2D eigenvalue weighted by Crippen LogP contribution is 2.45. The van der Waals surface area contributed by atoms with E-state index in [-0.39, 0.29) is 5.78 Å². The van der Waals surface area contributed by atoms with Gasteiger partial charge in [0.25, 0.3) is 0 Å². The lowest BCUT2D eigenvalue weighted by atomic mass is 9.88. The number of Topliss-reactive ketones (excluding diaryl/α,β-unsaturated/α-hetero) is 1. The summed E-state index contributed by atoms with van der Waals surface area (Å²) in [6.07, 6.45) is 0. The maximum absolute atomic E-state index is 12.4. The first kappa shape index (κ1) is 12.7. The molecule has 2 N–H and O–H groups in total. The fourth-order valence-electron chi connectivity index (χ4n) is 2.39. The van der Waals surface area contributed by atoms with Crippen molar-refractivity contribution in [2.24, 2.45) is 0 Å². The van der Waals surface area contributed by atoms with Gasteiger partial charge in [-0.25, -0.2) is 0 Å². The van der Waals surface area contributed by atoms with Gasteiger partial charge in [-0.1, -0.05) is 6.58 Å². The van der Waals surface area contributed by atoms with Crippen molar-refractivity contribution < 1.29 is 9.53 Å². The number of ether oxygens (including phenoxy) is 1. The zero-order valence-corrected chi connectivity index (χ0v) is 11.6. The number of carbonyl (C=O) groups is 1. The summed E-state index contributed by atoms with van der Waals surface area (Å²) >= 11 is 0. The van der Waals surface area contributed by atoms with E-state index in [1.54, 1.807) is 13.8 Å². The topological polar surface area (TPSA) is 52.3 Å². The second-order valence-electron chi connectivity index (χ2n) is 5.46. The fourth-order valence-corrected chi connectivity index (χ4v) is 2.39. The summed E-state index contributed by atoms with van der Waals surface area (Å²) in [5, 5.41) is 0.